The van der Waals surface area contributed by atoms with Crippen molar-refractivity contribution in [3.8, 4) is 0 Å². The van der Waals surface area contributed by atoms with Gasteiger partial charge < -0.3 is 4.74 Å². The Labute approximate surface area is 112 Å². The summed E-state index contributed by atoms with van der Waals surface area (Å²) in [5.41, 5.74) is 2.61. The number of carbonyl (C=O) groups is 1. The molecular formula is C16H28O2. The van der Waals surface area contributed by atoms with E-state index in [0.717, 1.165) is 12.8 Å². The van der Waals surface area contributed by atoms with Crippen LogP contribution in [0.1, 0.15) is 54.4 Å². The summed E-state index contributed by atoms with van der Waals surface area (Å²) in [5, 5.41) is 0. The van der Waals surface area contributed by atoms with E-state index in [9.17, 15) is 4.79 Å². The van der Waals surface area contributed by atoms with Crippen molar-refractivity contribution in [3.05, 3.63) is 23.3 Å². The minimum Gasteiger partial charge on any atom is -0.465 e. The van der Waals surface area contributed by atoms with Gasteiger partial charge in [0.25, 0.3) is 0 Å². The van der Waals surface area contributed by atoms with Crippen LogP contribution in [0, 0.1) is 11.8 Å². The number of rotatable bonds is 7. The molecule has 0 bridgehead atoms. The van der Waals surface area contributed by atoms with E-state index in [1.54, 1.807) is 0 Å². The van der Waals surface area contributed by atoms with Crippen LogP contribution in [0.2, 0.25) is 0 Å². The van der Waals surface area contributed by atoms with Crippen molar-refractivity contribution >= 4 is 5.97 Å². The van der Waals surface area contributed by atoms with Gasteiger partial charge in [0, 0.05) is 6.42 Å². The molecule has 0 fully saturated rings. The van der Waals surface area contributed by atoms with Crippen LogP contribution in [-0.2, 0) is 9.53 Å². The van der Waals surface area contributed by atoms with Crippen molar-refractivity contribution in [2.45, 2.75) is 54.4 Å². The van der Waals surface area contributed by atoms with Gasteiger partial charge in [-0.25, -0.2) is 0 Å². The zero-order chi connectivity index (χ0) is 14.1. The molecule has 0 aliphatic carbocycles. The normalized spacial score (nSPS) is 13.4. The maximum absolute atomic E-state index is 11.6. The molecule has 0 aromatic carbocycles. The molecule has 0 aromatic heterocycles. The highest BCUT2D eigenvalue weighted by Gasteiger charge is 2.17. The molecule has 1 atom stereocenters. The van der Waals surface area contributed by atoms with Crippen molar-refractivity contribution in [1.29, 1.82) is 0 Å². The van der Waals surface area contributed by atoms with E-state index in [-0.39, 0.29) is 11.9 Å². The summed E-state index contributed by atoms with van der Waals surface area (Å²) in [4.78, 5) is 11.6. The average Bonchev–Trinajstić information content (AvgIpc) is 2.27. The van der Waals surface area contributed by atoms with Gasteiger partial charge in [0.05, 0.1) is 12.5 Å². The van der Waals surface area contributed by atoms with E-state index in [4.69, 9.17) is 4.74 Å². The van der Waals surface area contributed by atoms with Gasteiger partial charge in [-0.1, -0.05) is 44.1 Å². The lowest BCUT2D eigenvalue weighted by Gasteiger charge is -2.14. The van der Waals surface area contributed by atoms with Gasteiger partial charge in [0.15, 0.2) is 0 Å². The minimum absolute atomic E-state index is 0.0139. The van der Waals surface area contributed by atoms with Gasteiger partial charge in [-0.2, -0.15) is 0 Å². The van der Waals surface area contributed by atoms with Gasteiger partial charge in [0.1, 0.15) is 0 Å². The quantitative estimate of drug-likeness (QED) is 0.492. The van der Waals surface area contributed by atoms with Crippen LogP contribution in [0.5, 0.6) is 0 Å². The monoisotopic (exact) mass is 252 g/mol. The van der Waals surface area contributed by atoms with Crippen LogP contribution < -0.4 is 0 Å². The molecule has 0 rings (SSSR count). The molecular weight excluding hydrogens is 224 g/mol. The highest BCUT2D eigenvalue weighted by Crippen LogP contribution is 2.12. The molecule has 0 aromatic rings. The molecule has 0 aliphatic rings. The molecule has 0 aliphatic heterocycles. The first-order chi connectivity index (χ1) is 8.34. The number of carbonyl (C=O) groups excluding carboxylic acids is 1. The van der Waals surface area contributed by atoms with Crippen LogP contribution >= 0.6 is 0 Å². The Hall–Kier alpha value is -1.05. The Bertz CT molecular complexity index is 307. The number of ether oxygens (including phenoxy) is 1. The largest absolute Gasteiger partial charge is 0.465 e. The second-order valence-electron chi connectivity index (χ2n) is 5.52. The third-order valence-electron chi connectivity index (χ3n) is 3.10. The van der Waals surface area contributed by atoms with Crippen LogP contribution in [-0.4, -0.2) is 12.6 Å². The Balaban J connectivity index is 3.90. The molecule has 0 spiro atoms. The van der Waals surface area contributed by atoms with Crippen LogP contribution in [0.25, 0.3) is 0 Å². The summed E-state index contributed by atoms with van der Waals surface area (Å²) in [6.45, 7) is 12.8. The van der Waals surface area contributed by atoms with E-state index in [1.165, 1.54) is 11.1 Å². The van der Waals surface area contributed by atoms with E-state index >= 15 is 0 Å². The first-order valence-electron chi connectivity index (χ1n) is 6.80. The first kappa shape index (κ1) is 16.9. The lowest BCUT2D eigenvalue weighted by molar-refractivity contribution is -0.149. The molecule has 104 valence electrons. The van der Waals surface area contributed by atoms with E-state index in [0.29, 0.717) is 12.5 Å². The molecule has 0 heterocycles. The number of hydrogen-bond acceptors (Lipinski definition) is 2. The average molecular weight is 252 g/mol. The lowest BCUT2D eigenvalue weighted by atomic mass is 9.99. The maximum atomic E-state index is 11.6. The second kappa shape index (κ2) is 8.96. The smallest absolute Gasteiger partial charge is 0.308 e. The standard InChI is InChI=1S/C16H28O2/c1-12(2)8-7-9-14(5)10-11-18-16(17)15(6)13(3)4/h8-9,13,15H,7,10-11H2,1-6H3/b14-9+/t15-/m0/s1. The van der Waals surface area contributed by atoms with Crippen molar-refractivity contribution in [1.82, 2.24) is 0 Å². The van der Waals surface area contributed by atoms with Gasteiger partial charge in [-0.3, -0.25) is 4.79 Å². The fraction of sp³-hybridized carbons (Fsp3) is 0.688. The molecule has 2 nitrogen and oxygen atoms in total. The predicted octanol–water partition coefficient (Wildman–Crippen LogP) is 4.51. The Kier molecular flexibility index (Phi) is 8.43. The number of allylic oxidation sites excluding steroid dienone is 3. The van der Waals surface area contributed by atoms with Crippen molar-refractivity contribution < 1.29 is 9.53 Å². The summed E-state index contributed by atoms with van der Waals surface area (Å²) in [6, 6.07) is 0. The van der Waals surface area contributed by atoms with Gasteiger partial charge in [0.2, 0.25) is 0 Å². The predicted molar refractivity (Wildman–Crippen MR) is 77.4 cm³/mol. The van der Waals surface area contributed by atoms with Crippen LogP contribution in [0.3, 0.4) is 0 Å². The van der Waals surface area contributed by atoms with Gasteiger partial charge in [-0.05, 0) is 33.1 Å². The zero-order valence-electron chi connectivity index (χ0n) is 12.7. The summed E-state index contributed by atoms with van der Waals surface area (Å²) >= 11 is 0. The highest BCUT2D eigenvalue weighted by atomic mass is 16.5. The Morgan fingerprint density at radius 1 is 1.11 bits per heavy atom. The topological polar surface area (TPSA) is 26.3 Å². The van der Waals surface area contributed by atoms with Crippen molar-refractivity contribution in [2.75, 3.05) is 6.61 Å². The summed E-state index contributed by atoms with van der Waals surface area (Å²) in [5.74, 6) is 0.244. The Morgan fingerprint density at radius 2 is 1.72 bits per heavy atom. The molecule has 0 saturated carbocycles. The van der Waals surface area contributed by atoms with Crippen LogP contribution in [0.15, 0.2) is 23.3 Å². The fourth-order valence-corrected chi connectivity index (χ4v) is 1.31. The van der Waals surface area contributed by atoms with Gasteiger partial charge >= 0.3 is 5.97 Å². The third-order valence-corrected chi connectivity index (χ3v) is 3.10. The van der Waals surface area contributed by atoms with Crippen LogP contribution in [0.4, 0.5) is 0 Å². The molecule has 0 saturated heterocycles. The summed E-state index contributed by atoms with van der Waals surface area (Å²) in [7, 11) is 0. The van der Waals surface area contributed by atoms with E-state index < -0.39 is 0 Å². The minimum atomic E-state index is -0.0814. The summed E-state index contributed by atoms with van der Waals surface area (Å²) in [6.07, 6.45) is 6.17. The van der Waals surface area contributed by atoms with E-state index in [2.05, 4.69) is 32.9 Å². The highest BCUT2D eigenvalue weighted by molar-refractivity contribution is 5.72. The lowest BCUT2D eigenvalue weighted by Crippen LogP contribution is -2.20. The molecule has 2 heteroatoms. The molecule has 0 radical (unpaired) electrons. The molecule has 0 unspecified atom stereocenters. The molecule has 0 N–H and O–H groups in total. The molecule has 18 heavy (non-hydrogen) atoms. The maximum Gasteiger partial charge on any atom is 0.308 e. The zero-order valence-corrected chi connectivity index (χ0v) is 12.7. The molecule has 0 amide bonds. The number of esters is 1. The van der Waals surface area contributed by atoms with E-state index in [1.807, 2.05) is 20.8 Å². The number of hydrogen-bond donors (Lipinski definition) is 0. The Morgan fingerprint density at radius 3 is 2.22 bits per heavy atom. The summed E-state index contributed by atoms with van der Waals surface area (Å²) < 4.78 is 5.27. The fourth-order valence-electron chi connectivity index (χ4n) is 1.31. The second-order valence-corrected chi connectivity index (χ2v) is 5.52. The third kappa shape index (κ3) is 8.10. The SMILES string of the molecule is CC(C)=CC/C=C(\C)CCOC(=O)[C@@H](C)C(C)C. The first-order valence-corrected chi connectivity index (χ1v) is 6.80. The van der Waals surface area contributed by atoms with Crippen molar-refractivity contribution in [3.63, 3.8) is 0 Å². The van der Waals surface area contributed by atoms with Gasteiger partial charge in [-0.15, -0.1) is 0 Å². The van der Waals surface area contributed by atoms with Crippen molar-refractivity contribution in [2.24, 2.45) is 11.8 Å².